The number of para-hydroxylation sites is 1. The van der Waals surface area contributed by atoms with Crippen molar-refractivity contribution >= 4 is 10.9 Å². The first-order valence-electron chi connectivity index (χ1n) is 5.88. The number of aryl methyl sites for hydroxylation is 1. The molecule has 0 aliphatic rings. The lowest BCUT2D eigenvalue weighted by Gasteiger charge is -2.17. The lowest BCUT2D eigenvalue weighted by Crippen LogP contribution is -2.13. The topological polar surface area (TPSA) is 30.9 Å². The molecule has 0 bridgehead atoms. The van der Waals surface area contributed by atoms with E-state index in [4.69, 9.17) is 5.73 Å². The molecule has 16 heavy (non-hydrogen) atoms. The van der Waals surface area contributed by atoms with Gasteiger partial charge in [0, 0.05) is 23.2 Å². The van der Waals surface area contributed by atoms with E-state index in [1.54, 1.807) is 0 Å². The van der Waals surface area contributed by atoms with Crippen LogP contribution in [0.15, 0.2) is 24.3 Å². The molecule has 1 aromatic heterocycles. The largest absolute Gasteiger partial charge is 0.340 e. The molecule has 2 nitrogen and oxygen atoms in total. The van der Waals surface area contributed by atoms with Crippen LogP contribution in [0.25, 0.3) is 10.9 Å². The third-order valence-corrected chi connectivity index (χ3v) is 3.07. The molecule has 1 heterocycles. The van der Waals surface area contributed by atoms with Crippen molar-refractivity contribution in [2.24, 2.45) is 5.73 Å². The van der Waals surface area contributed by atoms with Gasteiger partial charge >= 0.3 is 0 Å². The number of fused-ring (bicyclic) bond motifs is 1. The second kappa shape index (κ2) is 3.95. The fraction of sp³-hybridized carbons (Fsp3) is 0.429. The molecule has 0 aliphatic heterocycles. The Balaban J connectivity index is 2.83. The minimum atomic E-state index is 0.0780. The second-order valence-corrected chi connectivity index (χ2v) is 4.83. The number of nitrogens with two attached hydrogens (primary N) is 1. The van der Waals surface area contributed by atoms with Crippen LogP contribution in [0.3, 0.4) is 0 Å². The molecule has 0 fully saturated rings. The monoisotopic (exact) mass is 216 g/mol. The summed E-state index contributed by atoms with van der Waals surface area (Å²) in [5, 5.41) is 1.29. The molecule has 86 valence electrons. The van der Waals surface area contributed by atoms with Crippen molar-refractivity contribution in [3.63, 3.8) is 0 Å². The quantitative estimate of drug-likeness (QED) is 0.817. The molecular formula is C14H20N2. The smallest absolute Gasteiger partial charge is 0.0515 e. The van der Waals surface area contributed by atoms with Crippen molar-refractivity contribution in [3.05, 3.63) is 35.5 Å². The van der Waals surface area contributed by atoms with E-state index in [1.165, 1.54) is 22.2 Å². The summed E-state index contributed by atoms with van der Waals surface area (Å²) < 4.78 is 2.36. The van der Waals surface area contributed by atoms with Crippen LogP contribution in [0.1, 0.15) is 44.1 Å². The van der Waals surface area contributed by atoms with Crippen molar-refractivity contribution in [1.29, 1.82) is 0 Å². The first-order chi connectivity index (χ1) is 7.52. The van der Waals surface area contributed by atoms with Gasteiger partial charge in [-0.1, -0.05) is 18.2 Å². The number of benzene rings is 1. The van der Waals surface area contributed by atoms with E-state index in [-0.39, 0.29) is 6.04 Å². The zero-order valence-corrected chi connectivity index (χ0v) is 10.5. The molecule has 1 aromatic carbocycles. The van der Waals surface area contributed by atoms with Gasteiger partial charge in [-0.3, -0.25) is 0 Å². The first-order valence-corrected chi connectivity index (χ1v) is 5.88. The molecule has 2 N–H and O–H groups in total. The average Bonchev–Trinajstić information content (AvgIpc) is 2.58. The van der Waals surface area contributed by atoms with E-state index in [1.807, 2.05) is 6.92 Å². The van der Waals surface area contributed by atoms with Gasteiger partial charge in [-0.25, -0.2) is 0 Å². The number of aromatic nitrogens is 1. The highest BCUT2D eigenvalue weighted by atomic mass is 15.0. The van der Waals surface area contributed by atoms with Crippen LogP contribution in [-0.4, -0.2) is 4.57 Å². The number of rotatable bonds is 2. The third-order valence-electron chi connectivity index (χ3n) is 3.07. The summed E-state index contributed by atoms with van der Waals surface area (Å²) in [6.45, 7) is 8.62. The Morgan fingerprint density at radius 3 is 2.44 bits per heavy atom. The normalized spacial score (nSPS) is 13.6. The predicted octanol–water partition coefficient (Wildman–Crippen LogP) is 3.55. The van der Waals surface area contributed by atoms with Crippen LogP contribution in [0.5, 0.6) is 0 Å². The fourth-order valence-corrected chi connectivity index (χ4v) is 2.39. The standard InChI is InChI=1S/C14H20N2/c1-9(2)16-13(11(4)15)8-12-7-5-6-10(3)14(12)16/h5-9,11H,15H2,1-4H3. The molecule has 2 heteroatoms. The molecule has 0 amide bonds. The van der Waals surface area contributed by atoms with E-state index in [0.717, 1.165) is 0 Å². The second-order valence-electron chi connectivity index (χ2n) is 4.83. The van der Waals surface area contributed by atoms with Gasteiger partial charge in [0.25, 0.3) is 0 Å². The summed E-state index contributed by atoms with van der Waals surface area (Å²) in [7, 11) is 0. The molecular weight excluding hydrogens is 196 g/mol. The highest BCUT2D eigenvalue weighted by Crippen LogP contribution is 2.29. The molecule has 0 radical (unpaired) electrons. The van der Waals surface area contributed by atoms with Gasteiger partial charge in [-0.15, -0.1) is 0 Å². The van der Waals surface area contributed by atoms with Crippen LogP contribution in [0.4, 0.5) is 0 Å². The third kappa shape index (κ3) is 1.63. The van der Waals surface area contributed by atoms with Gasteiger partial charge in [0.1, 0.15) is 0 Å². The van der Waals surface area contributed by atoms with Crippen molar-refractivity contribution < 1.29 is 0 Å². The van der Waals surface area contributed by atoms with E-state index in [2.05, 4.69) is 49.6 Å². The summed E-state index contributed by atoms with van der Waals surface area (Å²) in [5.41, 5.74) is 9.91. The Morgan fingerprint density at radius 2 is 1.88 bits per heavy atom. The van der Waals surface area contributed by atoms with Gasteiger partial charge < -0.3 is 10.3 Å². The zero-order chi connectivity index (χ0) is 11.9. The summed E-state index contributed by atoms with van der Waals surface area (Å²) in [5.74, 6) is 0. The molecule has 1 unspecified atom stereocenters. The molecule has 0 saturated heterocycles. The minimum Gasteiger partial charge on any atom is -0.340 e. The lowest BCUT2D eigenvalue weighted by atomic mass is 10.1. The fourth-order valence-electron chi connectivity index (χ4n) is 2.39. The van der Waals surface area contributed by atoms with Crippen LogP contribution in [0, 0.1) is 6.92 Å². The lowest BCUT2D eigenvalue weighted by molar-refractivity contribution is 0.570. The summed E-state index contributed by atoms with van der Waals surface area (Å²) in [6.07, 6.45) is 0. The van der Waals surface area contributed by atoms with Gasteiger partial charge in [0.15, 0.2) is 0 Å². The number of nitrogens with zero attached hydrogens (tertiary/aromatic N) is 1. The molecule has 2 aromatic rings. The van der Waals surface area contributed by atoms with E-state index >= 15 is 0 Å². The summed E-state index contributed by atoms with van der Waals surface area (Å²) >= 11 is 0. The van der Waals surface area contributed by atoms with Gasteiger partial charge in [-0.2, -0.15) is 0 Å². The zero-order valence-electron chi connectivity index (χ0n) is 10.5. The maximum atomic E-state index is 6.05. The number of hydrogen-bond acceptors (Lipinski definition) is 1. The predicted molar refractivity (Wildman–Crippen MR) is 69.7 cm³/mol. The maximum Gasteiger partial charge on any atom is 0.0515 e. The van der Waals surface area contributed by atoms with Crippen LogP contribution in [-0.2, 0) is 0 Å². The van der Waals surface area contributed by atoms with E-state index < -0.39 is 0 Å². The van der Waals surface area contributed by atoms with Gasteiger partial charge in [0.05, 0.1) is 5.52 Å². The molecule has 0 saturated carbocycles. The van der Waals surface area contributed by atoms with Crippen LogP contribution < -0.4 is 5.73 Å². The minimum absolute atomic E-state index is 0.0780. The highest BCUT2D eigenvalue weighted by molar-refractivity contribution is 5.84. The summed E-state index contributed by atoms with van der Waals surface area (Å²) in [6, 6.07) is 9.16. The van der Waals surface area contributed by atoms with Crippen molar-refractivity contribution in [3.8, 4) is 0 Å². The SMILES string of the molecule is Cc1cccc2cc(C(C)N)n(C(C)C)c12. The van der Waals surface area contributed by atoms with Gasteiger partial charge in [0.2, 0.25) is 0 Å². The Bertz CT molecular complexity index is 507. The highest BCUT2D eigenvalue weighted by Gasteiger charge is 2.15. The Morgan fingerprint density at radius 1 is 1.19 bits per heavy atom. The van der Waals surface area contributed by atoms with E-state index in [0.29, 0.717) is 6.04 Å². The van der Waals surface area contributed by atoms with Gasteiger partial charge in [-0.05, 0) is 39.3 Å². The molecule has 0 spiro atoms. The Kier molecular flexibility index (Phi) is 2.76. The van der Waals surface area contributed by atoms with Crippen LogP contribution in [0.2, 0.25) is 0 Å². The first kappa shape index (κ1) is 11.2. The maximum absolute atomic E-state index is 6.05. The average molecular weight is 216 g/mol. The Hall–Kier alpha value is -1.28. The number of hydrogen-bond donors (Lipinski definition) is 1. The molecule has 2 rings (SSSR count). The molecule has 1 atom stereocenters. The Labute approximate surface area is 97.1 Å². The van der Waals surface area contributed by atoms with Crippen molar-refractivity contribution in [1.82, 2.24) is 4.57 Å². The van der Waals surface area contributed by atoms with E-state index in [9.17, 15) is 0 Å². The van der Waals surface area contributed by atoms with Crippen LogP contribution >= 0.6 is 0 Å². The van der Waals surface area contributed by atoms with Crippen molar-refractivity contribution in [2.75, 3.05) is 0 Å². The molecule has 0 aliphatic carbocycles. The van der Waals surface area contributed by atoms with Crippen molar-refractivity contribution in [2.45, 2.75) is 39.8 Å². The summed E-state index contributed by atoms with van der Waals surface area (Å²) in [4.78, 5) is 0.